The van der Waals surface area contributed by atoms with Gasteiger partial charge in [0.05, 0.1) is 0 Å². The molecule has 132 valence electrons. The summed E-state index contributed by atoms with van der Waals surface area (Å²) in [6, 6.07) is 4.16. The number of hydrogen-bond acceptors (Lipinski definition) is 3. The van der Waals surface area contributed by atoms with Crippen molar-refractivity contribution in [2.75, 3.05) is 32.7 Å². The first-order valence-corrected chi connectivity index (χ1v) is 8.63. The van der Waals surface area contributed by atoms with Crippen LogP contribution in [-0.2, 0) is 11.3 Å². The highest BCUT2D eigenvalue weighted by molar-refractivity contribution is 5.73. The third kappa shape index (κ3) is 4.11. The molecule has 0 unspecified atom stereocenters. The van der Waals surface area contributed by atoms with Gasteiger partial charge in [0.25, 0.3) is 0 Å². The number of carbonyl (C=O) groups excluding carboxylic acids is 1. The fourth-order valence-corrected chi connectivity index (χ4v) is 4.16. The van der Waals surface area contributed by atoms with E-state index < -0.39 is 11.6 Å². The maximum atomic E-state index is 13.4. The lowest BCUT2D eigenvalue weighted by molar-refractivity contribution is -0.118. The molecule has 2 N–H and O–H groups in total. The van der Waals surface area contributed by atoms with Gasteiger partial charge in [-0.3, -0.25) is 9.69 Å². The monoisotopic (exact) mass is 337 g/mol. The summed E-state index contributed by atoms with van der Waals surface area (Å²) < 4.78 is 26.5. The number of hydrogen-bond donors (Lipinski definition) is 1. The largest absolute Gasteiger partial charge is 0.370 e. The zero-order valence-corrected chi connectivity index (χ0v) is 13.9. The van der Waals surface area contributed by atoms with E-state index in [4.69, 9.17) is 5.73 Å². The average Bonchev–Trinajstić information content (AvgIpc) is 2.91. The molecule has 0 aromatic heterocycles. The normalized spacial score (nSPS) is 25.4. The fraction of sp³-hybridized carbons (Fsp3) is 0.611. The average molecular weight is 337 g/mol. The first-order valence-electron chi connectivity index (χ1n) is 8.63. The molecule has 1 amide bonds. The van der Waals surface area contributed by atoms with E-state index in [0.717, 1.165) is 51.1 Å². The van der Waals surface area contributed by atoms with Crippen molar-refractivity contribution in [1.29, 1.82) is 0 Å². The quantitative estimate of drug-likeness (QED) is 0.895. The van der Waals surface area contributed by atoms with Crippen LogP contribution in [0.5, 0.6) is 0 Å². The van der Waals surface area contributed by atoms with Crippen molar-refractivity contribution in [3.63, 3.8) is 0 Å². The zero-order valence-electron chi connectivity index (χ0n) is 13.9. The van der Waals surface area contributed by atoms with Gasteiger partial charge >= 0.3 is 0 Å². The van der Waals surface area contributed by atoms with E-state index in [9.17, 15) is 13.6 Å². The Morgan fingerprint density at radius 3 is 2.67 bits per heavy atom. The number of primary amides is 1. The minimum atomic E-state index is -0.797. The number of benzene rings is 1. The van der Waals surface area contributed by atoms with Gasteiger partial charge < -0.3 is 10.6 Å². The molecule has 0 saturated carbocycles. The molecule has 1 atom stereocenters. The molecule has 0 aliphatic carbocycles. The number of nitrogens with zero attached hydrogens (tertiary/aromatic N) is 2. The summed E-state index contributed by atoms with van der Waals surface area (Å²) in [5.41, 5.74) is 6.31. The van der Waals surface area contributed by atoms with Crippen LogP contribution in [0.2, 0.25) is 0 Å². The van der Waals surface area contributed by atoms with Crippen LogP contribution in [0.4, 0.5) is 8.78 Å². The highest BCUT2D eigenvalue weighted by Gasteiger charge is 2.41. The van der Waals surface area contributed by atoms with Crippen LogP contribution >= 0.6 is 0 Å². The van der Waals surface area contributed by atoms with E-state index in [0.29, 0.717) is 13.0 Å². The summed E-state index contributed by atoms with van der Waals surface area (Å²) >= 11 is 0. The Morgan fingerprint density at radius 1 is 1.12 bits per heavy atom. The van der Waals surface area contributed by atoms with Gasteiger partial charge in [-0.1, -0.05) is 6.07 Å². The molecule has 1 aromatic rings. The Morgan fingerprint density at radius 2 is 1.92 bits per heavy atom. The van der Waals surface area contributed by atoms with Crippen LogP contribution in [0.3, 0.4) is 0 Å². The molecule has 4 nitrogen and oxygen atoms in total. The van der Waals surface area contributed by atoms with Crippen molar-refractivity contribution in [2.24, 2.45) is 11.1 Å². The highest BCUT2D eigenvalue weighted by Crippen LogP contribution is 2.39. The first kappa shape index (κ1) is 17.3. The molecule has 2 aliphatic heterocycles. The number of halogens is 2. The van der Waals surface area contributed by atoms with Gasteiger partial charge in [-0.05, 0) is 55.5 Å². The Labute approximate surface area is 141 Å². The van der Waals surface area contributed by atoms with Gasteiger partial charge in [-0.25, -0.2) is 8.78 Å². The number of amides is 1. The first-order chi connectivity index (χ1) is 11.5. The number of rotatable bonds is 5. The molecule has 2 heterocycles. The summed E-state index contributed by atoms with van der Waals surface area (Å²) in [5, 5.41) is 0. The minimum absolute atomic E-state index is 0.250. The molecule has 2 aliphatic rings. The molecule has 2 fully saturated rings. The van der Waals surface area contributed by atoms with Crippen LogP contribution in [0, 0.1) is 17.0 Å². The summed E-state index contributed by atoms with van der Waals surface area (Å²) in [6.07, 6.45) is 3.84. The SMILES string of the molecule is NC(=O)CCN1CC[C@]2(CCCN(Cc3ccc(F)c(F)c3)C2)C1. The molecule has 0 radical (unpaired) electrons. The summed E-state index contributed by atoms with van der Waals surface area (Å²) in [4.78, 5) is 15.6. The number of piperidine rings is 1. The lowest BCUT2D eigenvalue weighted by Gasteiger charge is -2.40. The third-order valence-electron chi connectivity index (χ3n) is 5.32. The summed E-state index contributed by atoms with van der Waals surface area (Å²) in [5.74, 6) is -1.83. The summed E-state index contributed by atoms with van der Waals surface area (Å²) in [6.45, 7) is 5.35. The van der Waals surface area contributed by atoms with Crippen LogP contribution in [-0.4, -0.2) is 48.4 Å². The fourth-order valence-electron chi connectivity index (χ4n) is 4.16. The Bertz CT molecular complexity index is 610. The van der Waals surface area contributed by atoms with Crippen molar-refractivity contribution in [2.45, 2.75) is 32.2 Å². The second-order valence-electron chi connectivity index (χ2n) is 7.31. The van der Waals surface area contributed by atoms with Gasteiger partial charge in [0.1, 0.15) is 0 Å². The molecule has 6 heteroatoms. The van der Waals surface area contributed by atoms with Crippen molar-refractivity contribution in [3.8, 4) is 0 Å². The van der Waals surface area contributed by atoms with E-state index >= 15 is 0 Å². The van der Waals surface area contributed by atoms with Crippen molar-refractivity contribution in [3.05, 3.63) is 35.4 Å². The predicted molar refractivity (Wildman–Crippen MR) is 88.2 cm³/mol. The maximum Gasteiger partial charge on any atom is 0.218 e. The standard InChI is InChI=1S/C18H25F2N3O/c19-15-3-2-14(10-16(15)20)11-23-7-1-5-18(13-23)6-9-22(12-18)8-4-17(21)24/h2-3,10H,1,4-9,11-13H2,(H2,21,24)/t18-/m1/s1. The highest BCUT2D eigenvalue weighted by atomic mass is 19.2. The van der Waals surface area contributed by atoms with E-state index in [1.54, 1.807) is 6.07 Å². The predicted octanol–water partition coefficient (Wildman–Crippen LogP) is 2.13. The van der Waals surface area contributed by atoms with Crippen molar-refractivity contribution >= 4 is 5.91 Å². The van der Waals surface area contributed by atoms with E-state index in [-0.39, 0.29) is 11.3 Å². The number of likely N-dealkylation sites (tertiary alicyclic amines) is 2. The second-order valence-corrected chi connectivity index (χ2v) is 7.31. The second kappa shape index (κ2) is 7.15. The number of nitrogens with two attached hydrogens (primary N) is 1. The van der Waals surface area contributed by atoms with Crippen LogP contribution in [0.1, 0.15) is 31.2 Å². The molecular weight excluding hydrogens is 312 g/mol. The zero-order chi connectivity index (χ0) is 17.2. The minimum Gasteiger partial charge on any atom is -0.370 e. The van der Waals surface area contributed by atoms with Crippen molar-refractivity contribution in [1.82, 2.24) is 9.80 Å². The van der Waals surface area contributed by atoms with Gasteiger partial charge in [0.15, 0.2) is 11.6 Å². The lowest BCUT2D eigenvalue weighted by Crippen LogP contribution is -2.44. The Hall–Kier alpha value is -1.53. The van der Waals surface area contributed by atoms with Crippen molar-refractivity contribution < 1.29 is 13.6 Å². The topological polar surface area (TPSA) is 49.6 Å². The number of carbonyl (C=O) groups is 1. The van der Waals surface area contributed by atoms with Gasteiger partial charge in [-0.2, -0.15) is 0 Å². The van der Waals surface area contributed by atoms with Gasteiger partial charge in [0.2, 0.25) is 5.91 Å². The Balaban J connectivity index is 1.58. The summed E-state index contributed by atoms with van der Waals surface area (Å²) in [7, 11) is 0. The smallest absolute Gasteiger partial charge is 0.218 e. The molecule has 3 rings (SSSR count). The molecule has 1 aromatic carbocycles. The molecule has 0 bridgehead atoms. The van der Waals surface area contributed by atoms with E-state index in [1.165, 1.54) is 18.6 Å². The Kier molecular flexibility index (Phi) is 5.15. The maximum absolute atomic E-state index is 13.4. The molecule has 2 saturated heterocycles. The van der Waals surface area contributed by atoms with E-state index in [1.807, 2.05) is 0 Å². The molecular formula is C18H25F2N3O. The van der Waals surface area contributed by atoms with E-state index in [2.05, 4.69) is 9.80 Å². The van der Waals surface area contributed by atoms with Crippen LogP contribution in [0.25, 0.3) is 0 Å². The van der Waals surface area contributed by atoms with Gasteiger partial charge in [0, 0.05) is 32.6 Å². The molecule has 1 spiro atoms. The van der Waals surface area contributed by atoms with Crippen LogP contribution in [0.15, 0.2) is 18.2 Å². The third-order valence-corrected chi connectivity index (χ3v) is 5.32. The molecule has 24 heavy (non-hydrogen) atoms. The van der Waals surface area contributed by atoms with Crippen LogP contribution < -0.4 is 5.73 Å². The lowest BCUT2D eigenvalue weighted by atomic mass is 9.79. The van der Waals surface area contributed by atoms with Gasteiger partial charge in [-0.15, -0.1) is 0 Å².